The van der Waals surface area contributed by atoms with Gasteiger partial charge in [-0.2, -0.15) is 0 Å². The normalized spacial score (nSPS) is 24.3. The summed E-state index contributed by atoms with van der Waals surface area (Å²) >= 11 is 0. The van der Waals surface area contributed by atoms with Gasteiger partial charge in [-0.3, -0.25) is 19.3 Å². The Kier molecular flexibility index (Phi) is 5.17. The number of aromatic nitrogens is 1. The molecule has 38 heavy (non-hydrogen) atoms. The molecular weight excluding hydrogens is 492 g/mol. The number of ether oxygens (including phenoxy) is 1. The molecule has 3 aromatic rings. The molecule has 7 nitrogen and oxygen atoms in total. The molecule has 9 heteroatoms. The molecule has 1 saturated heterocycles. The van der Waals surface area contributed by atoms with Crippen LogP contribution in [0.1, 0.15) is 45.6 Å². The van der Waals surface area contributed by atoms with Crippen molar-refractivity contribution < 1.29 is 23.4 Å². The Labute approximate surface area is 217 Å². The van der Waals surface area contributed by atoms with Crippen LogP contribution in [0.25, 0.3) is 0 Å². The number of amides is 1. The summed E-state index contributed by atoms with van der Waals surface area (Å²) in [5, 5.41) is 12.8. The second-order valence-electron chi connectivity index (χ2n) is 10.7. The lowest BCUT2D eigenvalue weighted by molar-refractivity contribution is 0.0385. The number of carbonyl (C=O) groups is 1. The molecular formula is C29H27F2N3O4. The van der Waals surface area contributed by atoms with E-state index in [0.717, 1.165) is 24.0 Å². The highest BCUT2D eigenvalue weighted by atomic mass is 19.1. The van der Waals surface area contributed by atoms with Crippen LogP contribution < -0.4 is 10.4 Å². The summed E-state index contributed by atoms with van der Waals surface area (Å²) in [5.74, 6) is -1.70. The van der Waals surface area contributed by atoms with Crippen molar-refractivity contribution in [1.29, 1.82) is 0 Å². The molecule has 1 N–H and O–H groups in total. The van der Waals surface area contributed by atoms with E-state index in [1.54, 1.807) is 17.0 Å². The molecule has 0 radical (unpaired) electrons. The Morgan fingerprint density at radius 3 is 2.21 bits per heavy atom. The van der Waals surface area contributed by atoms with Crippen molar-refractivity contribution in [2.24, 2.45) is 11.8 Å². The fourth-order valence-electron chi connectivity index (χ4n) is 7.20. The first kappa shape index (κ1) is 23.4. The number of hydrogen-bond acceptors (Lipinski definition) is 5. The second kappa shape index (κ2) is 8.39. The molecule has 0 unspecified atom stereocenters. The van der Waals surface area contributed by atoms with Crippen molar-refractivity contribution in [3.63, 3.8) is 0 Å². The van der Waals surface area contributed by atoms with E-state index in [9.17, 15) is 14.7 Å². The average Bonchev–Trinajstić information content (AvgIpc) is 3.42. The van der Waals surface area contributed by atoms with E-state index in [4.69, 9.17) is 4.74 Å². The van der Waals surface area contributed by atoms with Gasteiger partial charge in [0.15, 0.2) is 11.4 Å². The minimum Gasteiger partial charge on any atom is -0.502 e. The molecule has 0 bridgehead atoms. The van der Waals surface area contributed by atoms with Gasteiger partial charge in [-0.05, 0) is 66.0 Å². The zero-order valence-corrected chi connectivity index (χ0v) is 20.7. The number of carbonyl (C=O) groups excluding carboxylic acids is 1. The van der Waals surface area contributed by atoms with E-state index < -0.39 is 22.6 Å². The van der Waals surface area contributed by atoms with Crippen molar-refractivity contribution in [3.05, 3.63) is 98.5 Å². The van der Waals surface area contributed by atoms with Crippen molar-refractivity contribution in [2.45, 2.75) is 31.2 Å². The number of fused-ring (bicyclic) bond motifs is 6. The summed E-state index contributed by atoms with van der Waals surface area (Å²) < 4.78 is 37.4. The van der Waals surface area contributed by atoms with Gasteiger partial charge in [0.25, 0.3) is 5.91 Å². The van der Waals surface area contributed by atoms with E-state index in [1.165, 1.54) is 29.1 Å². The van der Waals surface area contributed by atoms with Gasteiger partial charge in [-0.1, -0.05) is 24.3 Å². The molecule has 0 saturated carbocycles. The van der Waals surface area contributed by atoms with Crippen LogP contribution in [0.4, 0.5) is 8.78 Å². The van der Waals surface area contributed by atoms with Gasteiger partial charge in [-0.15, -0.1) is 0 Å². The monoisotopic (exact) mass is 519 g/mol. The quantitative estimate of drug-likeness (QED) is 0.575. The Morgan fingerprint density at radius 1 is 0.947 bits per heavy atom. The van der Waals surface area contributed by atoms with Crippen molar-refractivity contribution >= 4 is 5.91 Å². The molecule has 2 aliphatic heterocycles. The predicted molar refractivity (Wildman–Crippen MR) is 135 cm³/mol. The number of benzene rings is 2. The summed E-state index contributed by atoms with van der Waals surface area (Å²) in [6.45, 7) is 1.79. The molecule has 1 amide bonds. The van der Waals surface area contributed by atoms with Crippen LogP contribution in [-0.4, -0.2) is 47.0 Å². The van der Waals surface area contributed by atoms with Crippen molar-refractivity contribution in [2.75, 3.05) is 31.4 Å². The fraction of sp³-hybridized carbons (Fsp3) is 0.379. The molecule has 1 aromatic heterocycles. The van der Waals surface area contributed by atoms with Gasteiger partial charge in [0.05, 0.1) is 0 Å². The van der Waals surface area contributed by atoms with E-state index >= 15 is 8.78 Å². The predicted octanol–water partition coefficient (Wildman–Crippen LogP) is 3.28. The molecule has 2 aliphatic carbocycles. The van der Waals surface area contributed by atoms with E-state index in [2.05, 4.69) is 0 Å². The highest BCUT2D eigenvalue weighted by Gasteiger charge is 2.60. The highest BCUT2D eigenvalue weighted by molar-refractivity contribution is 5.96. The van der Waals surface area contributed by atoms with Crippen LogP contribution in [-0.2, 0) is 23.1 Å². The SMILES string of the molecule is O=C1c2c(O)c(=O)ccn2N(C23c4cccc(F)c4CC2Cc2c(F)cccc23)CN1CC1CCOCC1. The number of halogens is 2. The first-order valence-corrected chi connectivity index (χ1v) is 13.1. The molecule has 0 atom stereocenters. The number of aromatic hydroxyl groups is 1. The van der Waals surface area contributed by atoms with Crippen LogP contribution in [0.2, 0.25) is 0 Å². The minimum absolute atomic E-state index is 0.126. The van der Waals surface area contributed by atoms with Gasteiger partial charge in [0.2, 0.25) is 5.43 Å². The largest absolute Gasteiger partial charge is 0.502 e. The summed E-state index contributed by atoms with van der Waals surface area (Å²) in [4.78, 5) is 27.9. The maximum atomic E-state index is 15.2. The maximum absolute atomic E-state index is 15.2. The lowest BCUT2D eigenvalue weighted by atomic mass is 9.81. The molecule has 7 rings (SSSR count). The summed E-state index contributed by atoms with van der Waals surface area (Å²) in [5.41, 5.74) is 0.813. The Bertz CT molecular complexity index is 1480. The highest BCUT2D eigenvalue weighted by Crippen LogP contribution is 2.57. The Morgan fingerprint density at radius 2 is 1.58 bits per heavy atom. The number of rotatable bonds is 3. The van der Waals surface area contributed by atoms with Crippen LogP contribution >= 0.6 is 0 Å². The lowest BCUT2D eigenvalue weighted by Gasteiger charge is -2.51. The van der Waals surface area contributed by atoms with Crippen LogP contribution in [0.3, 0.4) is 0 Å². The fourth-order valence-corrected chi connectivity index (χ4v) is 7.20. The van der Waals surface area contributed by atoms with Crippen molar-refractivity contribution in [1.82, 2.24) is 9.58 Å². The van der Waals surface area contributed by atoms with E-state index in [1.807, 2.05) is 17.1 Å². The van der Waals surface area contributed by atoms with Crippen LogP contribution in [0, 0.1) is 23.5 Å². The van der Waals surface area contributed by atoms with Gasteiger partial charge >= 0.3 is 0 Å². The molecule has 2 aromatic carbocycles. The standard InChI is InChI=1S/C29H27F2N3O4/c30-23-5-1-3-21-19(23)13-18-14-20-22(4-2-6-24(20)31)29(18,21)34-16-32(15-17-8-11-38-12-9-17)28(37)26-27(36)25(35)7-10-33(26)34/h1-7,10,17-18,36H,8-9,11-16H2. The molecule has 0 spiro atoms. The first-order valence-electron chi connectivity index (χ1n) is 13.1. The average molecular weight is 520 g/mol. The summed E-state index contributed by atoms with van der Waals surface area (Å²) in [6, 6.07) is 11.2. The second-order valence-corrected chi connectivity index (χ2v) is 10.7. The number of nitrogens with zero attached hydrogens (tertiary/aromatic N) is 3. The van der Waals surface area contributed by atoms with Gasteiger partial charge in [0, 0.05) is 37.9 Å². The minimum atomic E-state index is -1.00. The lowest BCUT2D eigenvalue weighted by Crippen LogP contribution is -2.63. The number of pyridine rings is 1. The molecule has 1 fully saturated rings. The molecule has 196 valence electrons. The number of hydrogen-bond donors (Lipinski definition) is 1. The third-order valence-corrected chi connectivity index (χ3v) is 8.89. The van der Waals surface area contributed by atoms with Crippen molar-refractivity contribution in [3.8, 4) is 5.75 Å². The summed E-state index contributed by atoms with van der Waals surface area (Å²) in [6.07, 6.45) is 3.89. The smallest absolute Gasteiger partial charge is 0.277 e. The van der Waals surface area contributed by atoms with Gasteiger partial charge in [0.1, 0.15) is 23.8 Å². The summed E-state index contributed by atoms with van der Waals surface area (Å²) in [7, 11) is 0. The Hall–Kier alpha value is -3.72. The topological polar surface area (TPSA) is 75.0 Å². The Balaban J connectivity index is 1.47. The maximum Gasteiger partial charge on any atom is 0.277 e. The third kappa shape index (κ3) is 3.08. The van der Waals surface area contributed by atoms with E-state index in [0.29, 0.717) is 43.7 Å². The molecule has 4 aliphatic rings. The van der Waals surface area contributed by atoms with Gasteiger partial charge in [-0.25, -0.2) is 8.78 Å². The zero-order chi connectivity index (χ0) is 26.2. The third-order valence-electron chi connectivity index (χ3n) is 8.89. The first-order chi connectivity index (χ1) is 18.4. The molecule has 3 heterocycles. The van der Waals surface area contributed by atoms with E-state index in [-0.39, 0.29) is 35.8 Å². The van der Waals surface area contributed by atoms with Crippen LogP contribution in [0.5, 0.6) is 5.75 Å². The van der Waals surface area contributed by atoms with Gasteiger partial charge < -0.3 is 14.7 Å². The van der Waals surface area contributed by atoms with Crippen LogP contribution in [0.15, 0.2) is 53.5 Å². The zero-order valence-electron chi connectivity index (χ0n) is 20.7.